The molecule has 31 heavy (non-hydrogen) atoms. The number of pyridine rings is 2. The number of alkyl halides is 3. The molecule has 0 saturated heterocycles. The summed E-state index contributed by atoms with van der Waals surface area (Å²) in [5.41, 5.74) is 2.97. The Balaban J connectivity index is 1.75. The number of hydrogen-bond donors (Lipinski definition) is 0. The predicted octanol–water partition coefficient (Wildman–Crippen LogP) is 7.52. The Hall–Kier alpha value is -3.34. The van der Waals surface area contributed by atoms with Gasteiger partial charge in [0.25, 0.3) is 0 Å². The van der Waals surface area contributed by atoms with Crippen molar-refractivity contribution in [1.82, 2.24) is 9.38 Å². The van der Waals surface area contributed by atoms with Crippen LogP contribution in [-0.2, 0) is 6.42 Å². The van der Waals surface area contributed by atoms with Crippen molar-refractivity contribution >= 4 is 49.0 Å². The quantitative estimate of drug-likeness (QED) is 0.211. The third-order valence-electron chi connectivity index (χ3n) is 6.53. The molecule has 0 radical (unpaired) electrons. The fourth-order valence-corrected chi connectivity index (χ4v) is 4.86. The summed E-state index contributed by atoms with van der Waals surface area (Å²) in [6, 6.07) is 20.0. The zero-order valence-corrected chi connectivity index (χ0v) is 17.1. The minimum atomic E-state index is -4.26. The first kappa shape index (κ1) is 18.4. The van der Waals surface area contributed by atoms with E-state index in [2.05, 4.69) is 33.7 Å². The molecule has 0 aliphatic carbocycles. The maximum Gasteiger partial charge on any atom is 0.394 e. The molecule has 0 amide bonds. The first-order valence-electron chi connectivity index (χ1n) is 10.3. The standard InChI is InChI=1S/C26H19F3N2/c1-25(2,26(27,28)29)14-15-7-10-21-19(13-15)17-9-8-16-11-12-30-23-18-5-3-4-6-20(18)31(21)24(17)22(16)23/h3-13H,14H2,1-2H3. The van der Waals surface area contributed by atoms with Gasteiger partial charge >= 0.3 is 6.18 Å². The normalized spacial score (nSPS) is 13.5. The zero-order valence-electron chi connectivity index (χ0n) is 17.1. The average molecular weight is 416 g/mol. The van der Waals surface area contributed by atoms with E-state index >= 15 is 0 Å². The number of nitrogens with zero attached hydrogens (tertiary/aromatic N) is 2. The number of fused-ring (bicyclic) bond motifs is 6. The Morgan fingerprint density at radius 3 is 2.42 bits per heavy atom. The van der Waals surface area contributed by atoms with Crippen molar-refractivity contribution in [3.05, 3.63) is 72.4 Å². The molecule has 5 heteroatoms. The third kappa shape index (κ3) is 2.43. The van der Waals surface area contributed by atoms with E-state index in [1.807, 2.05) is 42.6 Å². The van der Waals surface area contributed by atoms with Gasteiger partial charge in [-0.05, 0) is 41.6 Å². The van der Waals surface area contributed by atoms with Crippen molar-refractivity contribution in [2.45, 2.75) is 26.4 Å². The number of benzene rings is 3. The van der Waals surface area contributed by atoms with Crippen LogP contribution in [0.2, 0.25) is 0 Å². The molecule has 3 aromatic heterocycles. The Morgan fingerprint density at radius 2 is 1.61 bits per heavy atom. The van der Waals surface area contributed by atoms with E-state index in [9.17, 15) is 13.2 Å². The van der Waals surface area contributed by atoms with Crippen LogP contribution in [0.3, 0.4) is 0 Å². The maximum absolute atomic E-state index is 13.5. The van der Waals surface area contributed by atoms with Gasteiger partial charge in [0.05, 0.1) is 27.5 Å². The molecule has 0 N–H and O–H groups in total. The molecule has 3 aromatic carbocycles. The number of hydrogen-bond acceptors (Lipinski definition) is 1. The van der Waals surface area contributed by atoms with Crippen molar-refractivity contribution in [1.29, 1.82) is 0 Å². The van der Waals surface area contributed by atoms with Crippen LogP contribution in [0.1, 0.15) is 19.4 Å². The third-order valence-corrected chi connectivity index (χ3v) is 6.53. The van der Waals surface area contributed by atoms with Crippen LogP contribution in [0.5, 0.6) is 0 Å². The van der Waals surface area contributed by atoms with E-state index in [-0.39, 0.29) is 6.42 Å². The first-order chi connectivity index (χ1) is 14.8. The zero-order chi connectivity index (χ0) is 21.5. The number of rotatable bonds is 2. The lowest BCUT2D eigenvalue weighted by molar-refractivity contribution is -0.211. The molecular formula is C26H19F3N2. The van der Waals surface area contributed by atoms with Gasteiger partial charge in [-0.3, -0.25) is 4.98 Å². The summed E-state index contributed by atoms with van der Waals surface area (Å²) >= 11 is 0. The monoisotopic (exact) mass is 416 g/mol. The van der Waals surface area contributed by atoms with Gasteiger partial charge in [-0.1, -0.05) is 50.2 Å². The Bertz CT molecular complexity index is 1610. The van der Waals surface area contributed by atoms with Crippen LogP contribution in [0.15, 0.2) is 66.9 Å². The largest absolute Gasteiger partial charge is 0.394 e. The SMILES string of the molecule is CC(C)(Cc1ccc2c(c1)c1ccc3ccnc4c5ccccc5n2c1c34)C(F)(F)F. The van der Waals surface area contributed by atoms with Gasteiger partial charge in [-0.25, -0.2) is 0 Å². The molecule has 6 aromatic rings. The molecular weight excluding hydrogens is 397 g/mol. The van der Waals surface area contributed by atoms with Crippen molar-refractivity contribution in [3.63, 3.8) is 0 Å². The van der Waals surface area contributed by atoms with E-state index in [0.29, 0.717) is 5.56 Å². The van der Waals surface area contributed by atoms with Gasteiger partial charge in [0.1, 0.15) is 0 Å². The van der Waals surface area contributed by atoms with Gasteiger partial charge in [0.2, 0.25) is 0 Å². The molecule has 3 heterocycles. The number of halogens is 3. The summed E-state index contributed by atoms with van der Waals surface area (Å²) < 4.78 is 42.7. The van der Waals surface area contributed by atoms with Gasteiger partial charge < -0.3 is 4.40 Å². The summed E-state index contributed by atoms with van der Waals surface area (Å²) in [5, 5.41) is 5.27. The Labute approximate surface area is 176 Å². The molecule has 0 saturated carbocycles. The molecule has 0 aliphatic rings. The van der Waals surface area contributed by atoms with Gasteiger partial charge in [-0.15, -0.1) is 0 Å². The van der Waals surface area contributed by atoms with E-state index in [4.69, 9.17) is 0 Å². The second kappa shape index (κ2) is 5.88. The molecule has 6 rings (SSSR count). The van der Waals surface area contributed by atoms with E-state index < -0.39 is 11.6 Å². The lowest BCUT2D eigenvalue weighted by Gasteiger charge is -2.27. The highest BCUT2D eigenvalue weighted by Gasteiger charge is 2.47. The molecule has 0 aliphatic heterocycles. The maximum atomic E-state index is 13.5. The van der Waals surface area contributed by atoms with Crippen molar-refractivity contribution < 1.29 is 13.2 Å². The van der Waals surface area contributed by atoms with E-state index in [0.717, 1.165) is 49.0 Å². The summed E-state index contributed by atoms with van der Waals surface area (Å²) in [5.74, 6) is 0. The summed E-state index contributed by atoms with van der Waals surface area (Å²) in [7, 11) is 0. The van der Waals surface area contributed by atoms with Crippen molar-refractivity contribution in [2.75, 3.05) is 0 Å². The minimum Gasteiger partial charge on any atom is -0.308 e. The van der Waals surface area contributed by atoms with Crippen LogP contribution in [-0.4, -0.2) is 15.6 Å². The van der Waals surface area contributed by atoms with Gasteiger partial charge in [0.15, 0.2) is 0 Å². The average Bonchev–Trinajstić information content (AvgIpc) is 3.07. The number of aromatic nitrogens is 2. The lowest BCUT2D eigenvalue weighted by atomic mass is 9.85. The van der Waals surface area contributed by atoms with Crippen LogP contribution < -0.4 is 0 Å². The lowest BCUT2D eigenvalue weighted by Crippen LogP contribution is -2.34. The second-order valence-electron chi connectivity index (χ2n) is 8.98. The van der Waals surface area contributed by atoms with Crippen molar-refractivity contribution in [3.8, 4) is 0 Å². The van der Waals surface area contributed by atoms with E-state index in [1.165, 1.54) is 13.8 Å². The molecule has 0 atom stereocenters. The van der Waals surface area contributed by atoms with E-state index in [1.54, 1.807) is 0 Å². The van der Waals surface area contributed by atoms with Gasteiger partial charge in [-0.2, -0.15) is 13.2 Å². The summed E-state index contributed by atoms with van der Waals surface area (Å²) in [4.78, 5) is 4.69. The molecule has 0 bridgehead atoms. The first-order valence-corrected chi connectivity index (χ1v) is 10.3. The highest BCUT2D eigenvalue weighted by Crippen LogP contribution is 2.43. The number of para-hydroxylation sites is 1. The smallest absolute Gasteiger partial charge is 0.308 e. The fourth-order valence-electron chi connectivity index (χ4n) is 4.86. The molecule has 0 fully saturated rings. The molecule has 0 spiro atoms. The summed E-state index contributed by atoms with van der Waals surface area (Å²) in [6.45, 7) is 2.52. The van der Waals surface area contributed by atoms with Gasteiger partial charge in [0, 0.05) is 27.7 Å². The Kier molecular flexibility index (Phi) is 3.49. The fraction of sp³-hybridized carbons (Fsp3) is 0.192. The van der Waals surface area contributed by atoms with Crippen LogP contribution >= 0.6 is 0 Å². The van der Waals surface area contributed by atoms with Crippen LogP contribution in [0, 0.1) is 5.41 Å². The Morgan fingerprint density at radius 1 is 0.839 bits per heavy atom. The second-order valence-corrected chi connectivity index (χ2v) is 8.98. The van der Waals surface area contributed by atoms with Crippen LogP contribution in [0.4, 0.5) is 13.2 Å². The predicted molar refractivity (Wildman–Crippen MR) is 120 cm³/mol. The molecule has 2 nitrogen and oxygen atoms in total. The summed E-state index contributed by atoms with van der Waals surface area (Å²) in [6.07, 6.45) is -2.49. The van der Waals surface area contributed by atoms with Crippen LogP contribution in [0.25, 0.3) is 49.0 Å². The minimum absolute atomic E-state index is 0.0594. The molecule has 154 valence electrons. The molecule has 0 unspecified atom stereocenters. The van der Waals surface area contributed by atoms with Crippen molar-refractivity contribution in [2.24, 2.45) is 5.41 Å². The topological polar surface area (TPSA) is 17.3 Å². The highest BCUT2D eigenvalue weighted by atomic mass is 19.4. The highest BCUT2D eigenvalue weighted by molar-refractivity contribution is 6.27.